The standard InChI is InChI=1S/C19H27N3O.HI/c1-20-19(22-17-11-5-6-12-17)21-14-16-10-7-13-23-18(16)15-8-3-2-4-9-15;/h2-6,8-9,16-18H,7,10-14H2,1H3,(H2,20,21,22);1H. The van der Waals surface area contributed by atoms with Gasteiger partial charge >= 0.3 is 0 Å². The highest BCUT2D eigenvalue weighted by atomic mass is 127. The van der Waals surface area contributed by atoms with Gasteiger partial charge in [-0.2, -0.15) is 0 Å². The zero-order chi connectivity index (χ0) is 15.9. The van der Waals surface area contributed by atoms with Gasteiger partial charge in [0.25, 0.3) is 0 Å². The first-order valence-corrected chi connectivity index (χ1v) is 8.65. The lowest BCUT2D eigenvalue weighted by atomic mass is 9.89. The topological polar surface area (TPSA) is 45.7 Å². The summed E-state index contributed by atoms with van der Waals surface area (Å²) in [5, 5.41) is 6.99. The van der Waals surface area contributed by atoms with Crippen LogP contribution in [0.15, 0.2) is 47.5 Å². The van der Waals surface area contributed by atoms with Gasteiger partial charge < -0.3 is 15.4 Å². The van der Waals surface area contributed by atoms with Crippen LogP contribution in [-0.2, 0) is 4.74 Å². The van der Waals surface area contributed by atoms with E-state index in [9.17, 15) is 0 Å². The molecule has 1 saturated heterocycles. The smallest absolute Gasteiger partial charge is 0.191 e. The van der Waals surface area contributed by atoms with E-state index < -0.39 is 0 Å². The molecule has 0 amide bonds. The van der Waals surface area contributed by atoms with Crippen molar-refractivity contribution in [3.05, 3.63) is 48.0 Å². The van der Waals surface area contributed by atoms with Crippen molar-refractivity contribution in [1.82, 2.24) is 10.6 Å². The molecule has 5 heteroatoms. The Balaban J connectivity index is 0.00000208. The Morgan fingerprint density at radius 1 is 1.21 bits per heavy atom. The number of aliphatic imine (C=N–C) groups is 1. The number of nitrogens with one attached hydrogen (secondary N) is 2. The Morgan fingerprint density at radius 3 is 2.67 bits per heavy atom. The predicted octanol–water partition coefficient (Wildman–Crippen LogP) is 3.66. The van der Waals surface area contributed by atoms with Crippen LogP contribution in [-0.4, -0.2) is 32.2 Å². The van der Waals surface area contributed by atoms with Crippen LogP contribution in [0.3, 0.4) is 0 Å². The van der Waals surface area contributed by atoms with Crippen LogP contribution in [0.4, 0.5) is 0 Å². The van der Waals surface area contributed by atoms with Gasteiger partial charge in [-0.3, -0.25) is 4.99 Å². The fourth-order valence-electron chi connectivity index (χ4n) is 3.41. The summed E-state index contributed by atoms with van der Waals surface area (Å²) >= 11 is 0. The minimum Gasteiger partial charge on any atom is -0.373 e. The molecular formula is C19H28IN3O. The summed E-state index contributed by atoms with van der Waals surface area (Å²) < 4.78 is 6.07. The van der Waals surface area contributed by atoms with Crippen LogP contribution in [0.2, 0.25) is 0 Å². The molecule has 1 aromatic rings. The number of hydrogen-bond donors (Lipinski definition) is 2. The molecule has 0 saturated carbocycles. The molecule has 24 heavy (non-hydrogen) atoms. The first-order chi connectivity index (χ1) is 11.4. The van der Waals surface area contributed by atoms with E-state index in [1.165, 1.54) is 12.0 Å². The largest absolute Gasteiger partial charge is 0.373 e. The number of benzene rings is 1. The van der Waals surface area contributed by atoms with Crippen molar-refractivity contribution < 1.29 is 4.74 Å². The molecule has 0 spiro atoms. The van der Waals surface area contributed by atoms with Crippen LogP contribution in [0.5, 0.6) is 0 Å². The predicted molar refractivity (Wildman–Crippen MR) is 110 cm³/mol. The summed E-state index contributed by atoms with van der Waals surface area (Å²) in [5.74, 6) is 1.38. The average Bonchev–Trinajstić information content (AvgIpc) is 3.12. The van der Waals surface area contributed by atoms with Crippen LogP contribution < -0.4 is 10.6 Å². The Kier molecular flexibility index (Phi) is 8.05. The molecule has 2 N–H and O–H groups in total. The second kappa shape index (κ2) is 10.0. The van der Waals surface area contributed by atoms with E-state index in [1.54, 1.807) is 0 Å². The fourth-order valence-corrected chi connectivity index (χ4v) is 3.41. The van der Waals surface area contributed by atoms with E-state index in [2.05, 4.69) is 58.1 Å². The fraction of sp³-hybridized carbons (Fsp3) is 0.526. The molecule has 3 rings (SSSR count). The van der Waals surface area contributed by atoms with Gasteiger partial charge in [0.05, 0.1) is 6.10 Å². The average molecular weight is 441 g/mol. The van der Waals surface area contributed by atoms with Gasteiger partial charge in [0.1, 0.15) is 0 Å². The van der Waals surface area contributed by atoms with Crippen LogP contribution in [0.1, 0.15) is 37.4 Å². The third-order valence-corrected chi connectivity index (χ3v) is 4.68. The molecule has 1 heterocycles. The van der Waals surface area contributed by atoms with E-state index >= 15 is 0 Å². The Morgan fingerprint density at radius 2 is 1.96 bits per heavy atom. The quantitative estimate of drug-likeness (QED) is 0.325. The molecule has 4 nitrogen and oxygen atoms in total. The molecular weight excluding hydrogens is 413 g/mol. The molecule has 2 unspecified atom stereocenters. The summed E-state index contributed by atoms with van der Waals surface area (Å²) in [4.78, 5) is 4.36. The first kappa shape index (κ1) is 19.2. The summed E-state index contributed by atoms with van der Waals surface area (Å²) in [6, 6.07) is 11.0. The van der Waals surface area contributed by atoms with Crippen LogP contribution >= 0.6 is 24.0 Å². The Labute approximate surface area is 162 Å². The highest BCUT2D eigenvalue weighted by Gasteiger charge is 2.27. The third-order valence-electron chi connectivity index (χ3n) is 4.68. The van der Waals surface area contributed by atoms with Crippen molar-refractivity contribution in [3.8, 4) is 0 Å². The minimum absolute atomic E-state index is 0. The third kappa shape index (κ3) is 5.21. The Bertz CT molecular complexity index is 539. The lowest BCUT2D eigenvalue weighted by Gasteiger charge is -2.32. The molecule has 0 aromatic heterocycles. The van der Waals surface area contributed by atoms with Crippen molar-refractivity contribution >= 4 is 29.9 Å². The number of halogens is 1. The summed E-state index contributed by atoms with van der Waals surface area (Å²) in [6.07, 6.45) is 9.13. The lowest BCUT2D eigenvalue weighted by molar-refractivity contribution is -0.0265. The van der Waals surface area contributed by atoms with Crippen molar-refractivity contribution in [2.75, 3.05) is 20.2 Å². The van der Waals surface area contributed by atoms with Crippen molar-refractivity contribution in [1.29, 1.82) is 0 Å². The van der Waals surface area contributed by atoms with Gasteiger partial charge in [-0.1, -0.05) is 42.5 Å². The van der Waals surface area contributed by atoms with Crippen molar-refractivity contribution in [2.24, 2.45) is 10.9 Å². The zero-order valence-electron chi connectivity index (χ0n) is 14.3. The monoisotopic (exact) mass is 441 g/mol. The molecule has 2 aliphatic rings. The van der Waals surface area contributed by atoms with Crippen molar-refractivity contribution in [3.63, 3.8) is 0 Å². The number of ether oxygens (including phenoxy) is 1. The second-order valence-electron chi connectivity index (χ2n) is 6.34. The van der Waals surface area contributed by atoms with E-state index in [0.717, 1.165) is 38.4 Å². The summed E-state index contributed by atoms with van der Waals surface area (Å²) in [5.41, 5.74) is 1.28. The second-order valence-corrected chi connectivity index (χ2v) is 6.34. The maximum absolute atomic E-state index is 6.07. The van der Waals surface area contributed by atoms with Gasteiger partial charge in [0.15, 0.2) is 5.96 Å². The normalized spacial score (nSPS) is 24.5. The molecule has 1 fully saturated rings. The molecule has 1 aliphatic carbocycles. The first-order valence-electron chi connectivity index (χ1n) is 8.65. The highest BCUT2D eigenvalue weighted by molar-refractivity contribution is 14.0. The molecule has 1 aliphatic heterocycles. The van der Waals surface area contributed by atoms with Crippen molar-refractivity contribution in [2.45, 2.75) is 37.8 Å². The maximum Gasteiger partial charge on any atom is 0.191 e. The molecule has 1 aromatic carbocycles. The van der Waals surface area contributed by atoms with Crippen LogP contribution in [0, 0.1) is 5.92 Å². The number of nitrogens with zero attached hydrogens (tertiary/aromatic N) is 1. The summed E-state index contributed by atoms with van der Waals surface area (Å²) in [6.45, 7) is 1.75. The van der Waals surface area contributed by atoms with Gasteiger partial charge in [0, 0.05) is 32.2 Å². The number of guanidine groups is 1. The van der Waals surface area contributed by atoms with Gasteiger partial charge in [-0.25, -0.2) is 0 Å². The van der Waals surface area contributed by atoms with Gasteiger partial charge in [0.2, 0.25) is 0 Å². The molecule has 0 radical (unpaired) electrons. The maximum atomic E-state index is 6.07. The SMILES string of the molecule is CN=C(NCC1CCCOC1c1ccccc1)NC1CC=CC1.I. The number of hydrogen-bond acceptors (Lipinski definition) is 2. The molecule has 132 valence electrons. The van der Waals surface area contributed by atoms with Gasteiger partial charge in [-0.05, 0) is 31.2 Å². The Hall–Kier alpha value is -1.08. The van der Waals surface area contributed by atoms with E-state index in [0.29, 0.717) is 12.0 Å². The summed E-state index contributed by atoms with van der Waals surface area (Å²) in [7, 11) is 1.84. The molecule has 2 atom stereocenters. The molecule has 0 bridgehead atoms. The van der Waals surface area contributed by atoms with E-state index in [4.69, 9.17) is 4.74 Å². The van der Waals surface area contributed by atoms with E-state index in [-0.39, 0.29) is 30.1 Å². The number of rotatable bonds is 4. The zero-order valence-corrected chi connectivity index (χ0v) is 16.6. The minimum atomic E-state index is 0. The van der Waals surface area contributed by atoms with Gasteiger partial charge in [-0.15, -0.1) is 24.0 Å². The van der Waals surface area contributed by atoms with E-state index in [1.807, 2.05) is 7.05 Å². The van der Waals surface area contributed by atoms with Crippen LogP contribution in [0.25, 0.3) is 0 Å². The highest BCUT2D eigenvalue weighted by Crippen LogP contribution is 2.33. The lowest BCUT2D eigenvalue weighted by Crippen LogP contribution is -2.45.